The van der Waals surface area contributed by atoms with Gasteiger partial charge in [-0.1, -0.05) is 6.07 Å². The lowest BCUT2D eigenvalue weighted by atomic mass is 10.1. The molecule has 0 unspecified atom stereocenters. The molecule has 3 nitrogen and oxygen atoms in total. The number of hydrogen-bond acceptors (Lipinski definition) is 3. The van der Waals surface area contributed by atoms with Gasteiger partial charge in [-0.2, -0.15) is 0 Å². The Morgan fingerprint density at radius 2 is 2.36 bits per heavy atom. The van der Waals surface area contributed by atoms with Gasteiger partial charge >= 0.3 is 0 Å². The number of morpholine rings is 1. The molecular formula is C10H12FNO2. The molecule has 0 radical (unpaired) electrons. The fraction of sp³-hybridized carbons (Fsp3) is 0.400. The van der Waals surface area contributed by atoms with Gasteiger partial charge in [-0.25, -0.2) is 4.39 Å². The third-order valence-corrected chi connectivity index (χ3v) is 2.28. The second-order valence-corrected chi connectivity index (χ2v) is 3.29. The molecule has 1 fully saturated rings. The Hall–Kier alpha value is -1.13. The summed E-state index contributed by atoms with van der Waals surface area (Å²) in [6.07, 6.45) is 0. The smallest absolute Gasteiger partial charge is 0.131 e. The topological polar surface area (TPSA) is 41.5 Å². The van der Waals surface area contributed by atoms with E-state index in [1.165, 1.54) is 6.07 Å². The molecule has 0 amide bonds. The third kappa shape index (κ3) is 1.86. The maximum absolute atomic E-state index is 13.4. The van der Waals surface area contributed by atoms with Gasteiger partial charge in [-0.15, -0.1) is 0 Å². The van der Waals surface area contributed by atoms with Crippen LogP contribution in [0.5, 0.6) is 5.75 Å². The molecule has 0 saturated carbocycles. The van der Waals surface area contributed by atoms with Crippen LogP contribution in [0.2, 0.25) is 0 Å². The number of phenols is 1. The van der Waals surface area contributed by atoms with Crippen LogP contribution in [0.3, 0.4) is 0 Å². The fourth-order valence-corrected chi connectivity index (χ4v) is 1.56. The highest BCUT2D eigenvalue weighted by atomic mass is 19.1. The number of ether oxygens (including phenoxy) is 1. The number of aromatic hydroxyl groups is 1. The zero-order valence-electron chi connectivity index (χ0n) is 7.66. The van der Waals surface area contributed by atoms with Crippen molar-refractivity contribution < 1.29 is 14.2 Å². The predicted octanol–water partition coefficient (Wildman–Crippen LogP) is 1.19. The van der Waals surface area contributed by atoms with Crippen LogP contribution in [0.4, 0.5) is 4.39 Å². The fourth-order valence-electron chi connectivity index (χ4n) is 1.56. The van der Waals surface area contributed by atoms with Crippen molar-refractivity contribution in [2.45, 2.75) is 6.04 Å². The van der Waals surface area contributed by atoms with E-state index in [-0.39, 0.29) is 11.8 Å². The van der Waals surface area contributed by atoms with Crippen LogP contribution in [-0.2, 0) is 4.74 Å². The predicted molar refractivity (Wildman–Crippen MR) is 49.6 cm³/mol. The second kappa shape index (κ2) is 3.94. The van der Waals surface area contributed by atoms with E-state index < -0.39 is 5.82 Å². The highest BCUT2D eigenvalue weighted by molar-refractivity contribution is 5.30. The Bertz CT molecular complexity index is 324. The molecule has 0 aromatic heterocycles. The first-order valence-electron chi connectivity index (χ1n) is 4.57. The molecule has 1 aromatic carbocycles. The van der Waals surface area contributed by atoms with E-state index in [1.807, 2.05) is 0 Å². The van der Waals surface area contributed by atoms with E-state index >= 15 is 0 Å². The Labute approximate surface area is 81.5 Å². The Morgan fingerprint density at radius 1 is 1.50 bits per heavy atom. The summed E-state index contributed by atoms with van der Waals surface area (Å²) in [5.74, 6) is -0.448. The van der Waals surface area contributed by atoms with Gasteiger partial charge in [0.1, 0.15) is 11.6 Å². The minimum Gasteiger partial charge on any atom is -0.508 e. The van der Waals surface area contributed by atoms with E-state index in [0.717, 1.165) is 12.6 Å². The van der Waals surface area contributed by atoms with Crippen LogP contribution in [0.15, 0.2) is 18.2 Å². The number of rotatable bonds is 1. The highest BCUT2D eigenvalue weighted by Gasteiger charge is 2.18. The highest BCUT2D eigenvalue weighted by Crippen LogP contribution is 2.22. The molecule has 4 heteroatoms. The third-order valence-electron chi connectivity index (χ3n) is 2.28. The van der Waals surface area contributed by atoms with Gasteiger partial charge in [-0.05, 0) is 6.07 Å². The monoisotopic (exact) mass is 197 g/mol. The van der Waals surface area contributed by atoms with Crippen molar-refractivity contribution in [3.8, 4) is 5.75 Å². The number of halogens is 1. The van der Waals surface area contributed by atoms with Gasteiger partial charge in [-0.3, -0.25) is 0 Å². The van der Waals surface area contributed by atoms with Gasteiger partial charge in [0, 0.05) is 18.2 Å². The van der Waals surface area contributed by atoms with E-state index in [1.54, 1.807) is 6.07 Å². The zero-order valence-corrected chi connectivity index (χ0v) is 7.66. The minimum absolute atomic E-state index is 0.0528. The summed E-state index contributed by atoms with van der Waals surface area (Å²) in [5, 5.41) is 12.2. The summed E-state index contributed by atoms with van der Waals surface area (Å²) < 4.78 is 18.6. The molecule has 2 rings (SSSR count). The Kier molecular flexibility index (Phi) is 2.65. The molecule has 1 aromatic rings. The summed E-state index contributed by atoms with van der Waals surface area (Å²) in [7, 11) is 0. The molecule has 1 aliphatic heterocycles. The first-order valence-corrected chi connectivity index (χ1v) is 4.57. The molecular weight excluding hydrogens is 185 g/mol. The largest absolute Gasteiger partial charge is 0.508 e. The van der Waals surface area contributed by atoms with Crippen molar-refractivity contribution >= 4 is 0 Å². The van der Waals surface area contributed by atoms with Crippen LogP contribution < -0.4 is 5.32 Å². The first kappa shape index (κ1) is 9.43. The lowest BCUT2D eigenvalue weighted by molar-refractivity contribution is 0.0757. The van der Waals surface area contributed by atoms with Crippen molar-refractivity contribution in [1.82, 2.24) is 5.32 Å². The van der Waals surface area contributed by atoms with Crippen molar-refractivity contribution in [3.63, 3.8) is 0 Å². The van der Waals surface area contributed by atoms with Crippen molar-refractivity contribution in [2.24, 2.45) is 0 Å². The zero-order chi connectivity index (χ0) is 9.97. The molecule has 1 aliphatic rings. The SMILES string of the molecule is Oc1ccc([C@H]2COCCN2)c(F)c1. The lowest BCUT2D eigenvalue weighted by Gasteiger charge is -2.24. The van der Waals surface area contributed by atoms with Crippen molar-refractivity contribution in [3.05, 3.63) is 29.6 Å². The molecule has 1 saturated heterocycles. The summed E-state index contributed by atoms with van der Waals surface area (Å²) >= 11 is 0. The van der Waals surface area contributed by atoms with Crippen molar-refractivity contribution in [2.75, 3.05) is 19.8 Å². The summed E-state index contributed by atoms with van der Waals surface area (Å²) in [6, 6.07) is 4.07. The van der Waals surface area contributed by atoms with E-state index in [9.17, 15) is 4.39 Å². The Morgan fingerprint density at radius 3 is 3.00 bits per heavy atom. The van der Waals surface area contributed by atoms with Gasteiger partial charge in [0.15, 0.2) is 0 Å². The van der Waals surface area contributed by atoms with Crippen LogP contribution in [-0.4, -0.2) is 24.9 Å². The van der Waals surface area contributed by atoms with Crippen LogP contribution in [0, 0.1) is 5.82 Å². The van der Waals surface area contributed by atoms with Crippen LogP contribution in [0.25, 0.3) is 0 Å². The second-order valence-electron chi connectivity index (χ2n) is 3.29. The summed E-state index contributed by atoms with van der Waals surface area (Å²) in [5.41, 5.74) is 0.544. The van der Waals surface area contributed by atoms with Gasteiger partial charge in [0.05, 0.1) is 19.3 Å². The molecule has 76 valence electrons. The normalized spacial score (nSPS) is 22.2. The average molecular weight is 197 g/mol. The lowest BCUT2D eigenvalue weighted by Crippen LogP contribution is -2.35. The quantitative estimate of drug-likeness (QED) is 0.710. The Balaban J connectivity index is 2.22. The summed E-state index contributed by atoms with van der Waals surface area (Å²) in [6.45, 7) is 1.86. The molecule has 1 atom stereocenters. The minimum atomic E-state index is -0.395. The van der Waals surface area contributed by atoms with Crippen molar-refractivity contribution in [1.29, 1.82) is 0 Å². The number of phenolic OH excluding ortho intramolecular Hbond substituents is 1. The standard InChI is InChI=1S/C10H12FNO2/c11-9-5-7(13)1-2-8(9)10-6-14-4-3-12-10/h1-2,5,10,12-13H,3-4,6H2/t10-/m1/s1. The number of hydrogen-bond donors (Lipinski definition) is 2. The molecule has 14 heavy (non-hydrogen) atoms. The van der Waals surface area contributed by atoms with Crippen LogP contribution in [0.1, 0.15) is 11.6 Å². The number of benzene rings is 1. The van der Waals surface area contributed by atoms with E-state index in [0.29, 0.717) is 18.8 Å². The molecule has 0 spiro atoms. The molecule has 0 bridgehead atoms. The maximum atomic E-state index is 13.4. The van der Waals surface area contributed by atoms with E-state index in [2.05, 4.69) is 5.32 Å². The first-order chi connectivity index (χ1) is 6.77. The molecule has 0 aliphatic carbocycles. The molecule has 2 N–H and O–H groups in total. The summed E-state index contributed by atoms with van der Waals surface area (Å²) in [4.78, 5) is 0. The van der Waals surface area contributed by atoms with E-state index in [4.69, 9.17) is 9.84 Å². The maximum Gasteiger partial charge on any atom is 0.131 e. The number of nitrogens with one attached hydrogen (secondary N) is 1. The van der Waals surface area contributed by atoms with Gasteiger partial charge in [0.2, 0.25) is 0 Å². The van der Waals surface area contributed by atoms with Gasteiger partial charge < -0.3 is 15.2 Å². The molecule has 1 heterocycles. The van der Waals surface area contributed by atoms with Gasteiger partial charge in [0.25, 0.3) is 0 Å². The average Bonchev–Trinajstić information content (AvgIpc) is 2.19. The van der Waals surface area contributed by atoms with Crippen LogP contribution >= 0.6 is 0 Å².